The van der Waals surface area contributed by atoms with Gasteiger partial charge >= 0.3 is 0 Å². The summed E-state index contributed by atoms with van der Waals surface area (Å²) >= 11 is 0. The maximum atomic E-state index is 5.26. The first-order valence-electron chi connectivity index (χ1n) is 6.70. The third-order valence-corrected chi connectivity index (χ3v) is 2.94. The van der Waals surface area contributed by atoms with Gasteiger partial charge in [0.25, 0.3) is 0 Å². The second kappa shape index (κ2) is 8.43. The van der Waals surface area contributed by atoms with Gasteiger partial charge < -0.3 is 20.1 Å². The van der Waals surface area contributed by atoms with Gasteiger partial charge in [-0.25, -0.2) is 0 Å². The molecule has 0 bridgehead atoms. The number of methoxy groups -OCH3 is 2. The number of hydrogen-bond donors (Lipinski definition) is 2. The smallest absolute Gasteiger partial charge is 0.191 e. The summed E-state index contributed by atoms with van der Waals surface area (Å²) in [5.74, 6) is 1.67. The lowest BCUT2D eigenvalue weighted by atomic mass is 10.1. The number of ether oxygens (including phenoxy) is 2. The maximum Gasteiger partial charge on any atom is 0.191 e. The predicted molar refractivity (Wildman–Crippen MR) is 82.4 cm³/mol. The SMILES string of the molecule is CN=C(NCc1ccc(OC)c(C)c1)NC(C)COC. The zero-order chi connectivity index (χ0) is 15.0. The number of nitrogens with one attached hydrogen (secondary N) is 2. The van der Waals surface area contributed by atoms with E-state index in [9.17, 15) is 0 Å². The summed E-state index contributed by atoms with van der Waals surface area (Å²) in [6.45, 7) is 5.44. The quantitative estimate of drug-likeness (QED) is 0.615. The third kappa shape index (κ3) is 5.09. The Kier molecular flexibility index (Phi) is 6.87. The van der Waals surface area contributed by atoms with Gasteiger partial charge in [0.15, 0.2) is 5.96 Å². The van der Waals surface area contributed by atoms with Gasteiger partial charge in [-0.2, -0.15) is 0 Å². The fourth-order valence-electron chi connectivity index (χ4n) is 1.96. The van der Waals surface area contributed by atoms with Crippen LogP contribution in [0.2, 0.25) is 0 Å². The van der Waals surface area contributed by atoms with Crippen molar-refractivity contribution in [2.24, 2.45) is 4.99 Å². The Morgan fingerprint density at radius 2 is 2.10 bits per heavy atom. The average molecular weight is 279 g/mol. The molecule has 0 aliphatic carbocycles. The van der Waals surface area contributed by atoms with Crippen LogP contribution in [0.3, 0.4) is 0 Å². The van der Waals surface area contributed by atoms with Crippen molar-refractivity contribution in [3.63, 3.8) is 0 Å². The molecule has 0 aliphatic rings. The Bertz CT molecular complexity index is 447. The van der Waals surface area contributed by atoms with E-state index in [-0.39, 0.29) is 6.04 Å². The number of nitrogens with zero attached hydrogens (tertiary/aromatic N) is 1. The zero-order valence-electron chi connectivity index (χ0n) is 13.0. The molecule has 0 aromatic heterocycles. The highest BCUT2D eigenvalue weighted by atomic mass is 16.5. The minimum absolute atomic E-state index is 0.212. The van der Waals surface area contributed by atoms with Crippen molar-refractivity contribution in [2.75, 3.05) is 27.9 Å². The van der Waals surface area contributed by atoms with E-state index in [1.54, 1.807) is 21.3 Å². The molecular formula is C15H25N3O2. The number of benzene rings is 1. The largest absolute Gasteiger partial charge is 0.496 e. The minimum Gasteiger partial charge on any atom is -0.496 e. The van der Waals surface area contributed by atoms with E-state index in [1.807, 2.05) is 26.0 Å². The van der Waals surface area contributed by atoms with Crippen LogP contribution in [0.15, 0.2) is 23.2 Å². The van der Waals surface area contributed by atoms with Crippen LogP contribution < -0.4 is 15.4 Å². The molecule has 112 valence electrons. The average Bonchev–Trinajstić information content (AvgIpc) is 2.43. The first-order valence-corrected chi connectivity index (χ1v) is 6.70. The Morgan fingerprint density at radius 3 is 2.65 bits per heavy atom. The number of rotatable bonds is 6. The molecule has 5 nitrogen and oxygen atoms in total. The molecule has 0 saturated carbocycles. The van der Waals surface area contributed by atoms with Crippen molar-refractivity contribution < 1.29 is 9.47 Å². The summed E-state index contributed by atoms with van der Waals surface area (Å²) in [5, 5.41) is 6.55. The normalized spacial score (nSPS) is 12.9. The van der Waals surface area contributed by atoms with Gasteiger partial charge in [-0.1, -0.05) is 12.1 Å². The zero-order valence-corrected chi connectivity index (χ0v) is 13.0. The molecule has 0 radical (unpaired) electrons. The van der Waals surface area contributed by atoms with Gasteiger partial charge in [-0.05, 0) is 31.0 Å². The second-order valence-electron chi connectivity index (χ2n) is 4.73. The lowest BCUT2D eigenvalue weighted by Gasteiger charge is -2.17. The molecule has 20 heavy (non-hydrogen) atoms. The molecule has 0 aliphatic heterocycles. The summed E-state index contributed by atoms with van der Waals surface area (Å²) in [6.07, 6.45) is 0. The van der Waals surface area contributed by atoms with Crippen molar-refractivity contribution in [2.45, 2.75) is 26.4 Å². The molecule has 1 rings (SSSR count). The van der Waals surface area contributed by atoms with Crippen LogP contribution >= 0.6 is 0 Å². The molecule has 2 N–H and O–H groups in total. The van der Waals surface area contributed by atoms with Crippen LogP contribution in [-0.4, -0.2) is 39.9 Å². The molecule has 0 amide bonds. The summed E-state index contributed by atoms with van der Waals surface area (Å²) < 4.78 is 10.3. The van der Waals surface area contributed by atoms with E-state index < -0.39 is 0 Å². The van der Waals surface area contributed by atoms with Gasteiger partial charge in [0.1, 0.15) is 5.75 Å². The van der Waals surface area contributed by atoms with E-state index in [0.717, 1.165) is 17.3 Å². The van der Waals surface area contributed by atoms with Gasteiger partial charge in [0.2, 0.25) is 0 Å². The van der Waals surface area contributed by atoms with E-state index >= 15 is 0 Å². The van der Waals surface area contributed by atoms with Gasteiger partial charge in [0.05, 0.1) is 13.7 Å². The van der Waals surface area contributed by atoms with Crippen molar-refractivity contribution in [3.8, 4) is 5.75 Å². The van der Waals surface area contributed by atoms with Crippen LogP contribution in [0, 0.1) is 6.92 Å². The fourth-order valence-corrected chi connectivity index (χ4v) is 1.96. The molecule has 0 fully saturated rings. The van der Waals surface area contributed by atoms with Gasteiger partial charge in [-0.15, -0.1) is 0 Å². The van der Waals surface area contributed by atoms with Crippen LogP contribution in [0.5, 0.6) is 5.75 Å². The van der Waals surface area contributed by atoms with Crippen LogP contribution in [0.4, 0.5) is 0 Å². The fraction of sp³-hybridized carbons (Fsp3) is 0.533. The number of aryl methyl sites for hydroxylation is 1. The lowest BCUT2D eigenvalue weighted by Crippen LogP contribution is -2.43. The third-order valence-electron chi connectivity index (χ3n) is 2.94. The first-order chi connectivity index (χ1) is 9.60. The van der Waals surface area contributed by atoms with Crippen LogP contribution in [-0.2, 0) is 11.3 Å². The van der Waals surface area contributed by atoms with E-state index in [4.69, 9.17) is 9.47 Å². The van der Waals surface area contributed by atoms with Crippen molar-refractivity contribution in [1.82, 2.24) is 10.6 Å². The van der Waals surface area contributed by atoms with Crippen molar-refractivity contribution in [3.05, 3.63) is 29.3 Å². The summed E-state index contributed by atoms with van der Waals surface area (Å²) in [4.78, 5) is 4.20. The highest BCUT2D eigenvalue weighted by Gasteiger charge is 2.05. The Morgan fingerprint density at radius 1 is 1.35 bits per heavy atom. The van der Waals surface area contributed by atoms with Gasteiger partial charge in [0, 0.05) is 26.7 Å². The van der Waals surface area contributed by atoms with E-state index in [1.165, 1.54) is 5.56 Å². The Hall–Kier alpha value is -1.75. The summed E-state index contributed by atoms with van der Waals surface area (Å²) in [5.41, 5.74) is 2.31. The molecule has 1 aromatic rings. The number of hydrogen-bond acceptors (Lipinski definition) is 3. The van der Waals surface area contributed by atoms with Gasteiger partial charge in [-0.3, -0.25) is 4.99 Å². The lowest BCUT2D eigenvalue weighted by molar-refractivity contribution is 0.179. The first kappa shape index (κ1) is 16.3. The van der Waals surface area contributed by atoms with Crippen LogP contribution in [0.1, 0.15) is 18.1 Å². The van der Waals surface area contributed by atoms with Crippen molar-refractivity contribution >= 4 is 5.96 Å². The standard InChI is InChI=1S/C15H25N3O2/c1-11-8-13(6-7-14(11)20-5)9-17-15(16-3)18-12(2)10-19-4/h6-8,12H,9-10H2,1-5H3,(H2,16,17,18). The molecular weight excluding hydrogens is 254 g/mol. The molecule has 1 atom stereocenters. The molecule has 5 heteroatoms. The predicted octanol–water partition coefficient (Wildman–Crippen LogP) is 1.70. The van der Waals surface area contributed by atoms with E-state index in [2.05, 4.69) is 21.7 Å². The summed E-state index contributed by atoms with van der Waals surface area (Å²) in [7, 11) is 5.13. The Balaban J connectivity index is 2.54. The minimum atomic E-state index is 0.212. The molecule has 0 saturated heterocycles. The Labute approximate surface area is 121 Å². The molecule has 1 aromatic carbocycles. The topological polar surface area (TPSA) is 54.9 Å². The number of aliphatic imine (C=N–C) groups is 1. The summed E-state index contributed by atoms with van der Waals surface area (Å²) in [6, 6.07) is 6.35. The highest BCUT2D eigenvalue weighted by Crippen LogP contribution is 2.18. The molecule has 1 unspecified atom stereocenters. The van der Waals surface area contributed by atoms with Crippen LogP contribution in [0.25, 0.3) is 0 Å². The highest BCUT2D eigenvalue weighted by molar-refractivity contribution is 5.79. The van der Waals surface area contributed by atoms with E-state index in [0.29, 0.717) is 13.2 Å². The molecule has 0 spiro atoms. The second-order valence-corrected chi connectivity index (χ2v) is 4.73. The monoisotopic (exact) mass is 279 g/mol. The van der Waals surface area contributed by atoms with Crippen molar-refractivity contribution in [1.29, 1.82) is 0 Å². The maximum absolute atomic E-state index is 5.26. The number of guanidine groups is 1. The molecule has 0 heterocycles.